The highest BCUT2D eigenvalue weighted by atomic mass is 16.6. The highest BCUT2D eigenvalue weighted by Gasteiger charge is 2.17. The maximum absolute atomic E-state index is 11.2. The molecule has 78 valence electrons. The van der Waals surface area contributed by atoms with Gasteiger partial charge in [0.05, 0.1) is 6.54 Å². The van der Waals surface area contributed by atoms with E-state index < -0.39 is 11.7 Å². The summed E-state index contributed by atoms with van der Waals surface area (Å²) in [5, 5.41) is 2.50. The van der Waals surface area contributed by atoms with Crippen LogP contribution in [0.5, 0.6) is 0 Å². The third-order valence-corrected chi connectivity index (χ3v) is 1.38. The van der Waals surface area contributed by atoms with Crippen molar-refractivity contribution < 1.29 is 9.53 Å². The second-order valence-electron chi connectivity index (χ2n) is 4.05. The minimum atomic E-state index is -0.512. The summed E-state index contributed by atoms with van der Waals surface area (Å²) in [5.74, 6) is 0.455. The first-order valence-electron chi connectivity index (χ1n) is 4.37. The van der Waals surface area contributed by atoms with Crippen molar-refractivity contribution in [3.05, 3.63) is 11.8 Å². The zero-order valence-electron chi connectivity index (χ0n) is 8.63. The van der Waals surface area contributed by atoms with Gasteiger partial charge in [0.15, 0.2) is 0 Å². The molecule has 1 aliphatic heterocycles. The van der Waals surface area contributed by atoms with Crippen molar-refractivity contribution in [1.29, 1.82) is 0 Å². The van der Waals surface area contributed by atoms with E-state index in [4.69, 9.17) is 10.5 Å². The van der Waals surface area contributed by atoms with Crippen LogP contribution in [0.3, 0.4) is 0 Å². The van der Waals surface area contributed by atoms with Gasteiger partial charge in [0.25, 0.3) is 0 Å². The van der Waals surface area contributed by atoms with Crippen LogP contribution in [-0.2, 0) is 4.74 Å². The Hall–Kier alpha value is -1.52. The first-order valence-corrected chi connectivity index (χ1v) is 4.37. The number of nitrogens with zero attached hydrogens (tertiary/aromatic N) is 1. The lowest BCUT2D eigenvalue weighted by atomic mass is 10.2. The number of carbonyl (C=O) groups is 1. The standard InChI is InChI=1S/C9H15N3O2/c1-9(2,3)14-8(13)12-7-4-6(10)5-11-7/h4H,5,10H2,1-3H3,(H,11,12,13). The summed E-state index contributed by atoms with van der Waals surface area (Å²) in [6.07, 6.45) is 1.10. The second kappa shape index (κ2) is 3.69. The van der Waals surface area contributed by atoms with Gasteiger partial charge in [-0.25, -0.2) is 4.79 Å². The topological polar surface area (TPSA) is 76.7 Å². The molecular formula is C9H15N3O2. The zero-order chi connectivity index (χ0) is 10.8. The van der Waals surface area contributed by atoms with E-state index >= 15 is 0 Å². The van der Waals surface area contributed by atoms with Gasteiger partial charge in [0.2, 0.25) is 0 Å². The maximum atomic E-state index is 11.2. The summed E-state index contributed by atoms with van der Waals surface area (Å²) >= 11 is 0. The number of carbonyl (C=O) groups excluding carboxylic acids is 1. The molecule has 1 heterocycles. The molecule has 0 spiro atoms. The van der Waals surface area contributed by atoms with Gasteiger partial charge in [-0.1, -0.05) is 0 Å². The van der Waals surface area contributed by atoms with Gasteiger partial charge in [-0.15, -0.1) is 0 Å². The molecule has 0 fully saturated rings. The molecular weight excluding hydrogens is 182 g/mol. The van der Waals surface area contributed by atoms with Crippen LogP contribution in [0.2, 0.25) is 0 Å². The smallest absolute Gasteiger partial charge is 0.413 e. The fraction of sp³-hybridized carbons (Fsp3) is 0.556. The Bertz CT molecular complexity index is 300. The first-order chi connectivity index (χ1) is 6.37. The predicted octanol–water partition coefficient (Wildman–Crippen LogP) is 0.766. The average molecular weight is 197 g/mol. The van der Waals surface area contributed by atoms with E-state index in [1.165, 1.54) is 0 Å². The van der Waals surface area contributed by atoms with Crippen molar-refractivity contribution in [2.75, 3.05) is 6.54 Å². The van der Waals surface area contributed by atoms with Crippen molar-refractivity contribution in [2.45, 2.75) is 26.4 Å². The number of aliphatic imine (C=N–C) groups is 1. The van der Waals surface area contributed by atoms with Crippen LogP contribution in [0.1, 0.15) is 20.8 Å². The second-order valence-corrected chi connectivity index (χ2v) is 4.05. The third-order valence-electron chi connectivity index (χ3n) is 1.38. The molecule has 1 aliphatic rings. The first kappa shape index (κ1) is 10.6. The molecule has 0 aromatic heterocycles. The lowest BCUT2D eigenvalue weighted by molar-refractivity contribution is 0.0563. The van der Waals surface area contributed by atoms with Crippen LogP contribution in [0.15, 0.2) is 16.8 Å². The summed E-state index contributed by atoms with van der Waals surface area (Å²) in [5.41, 5.74) is 5.62. The van der Waals surface area contributed by atoms with Gasteiger partial charge < -0.3 is 10.5 Å². The zero-order valence-corrected chi connectivity index (χ0v) is 8.63. The Morgan fingerprint density at radius 3 is 2.71 bits per heavy atom. The summed E-state index contributed by atoms with van der Waals surface area (Å²) in [4.78, 5) is 15.2. The van der Waals surface area contributed by atoms with Crippen LogP contribution < -0.4 is 11.1 Å². The summed E-state index contributed by atoms with van der Waals surface area (Å²) in [6.45, 7) is 5.83. The fourth-order valence-corrected chi connectivity index (χ4v) is 0.927. The van der Waals surface area contributed by atoms with Crippen LogP contribution in [0.25, 0.3) is 0 Å². The van der Waals surface area contributed by atoms with Crippen LogP contribution >= 0.6 is 0 Å². The monoisotopic (exact) mass is 197 g/mol. The number of hydrogen-bond donors (Lipinski definition) is 2. The molecule has 0 aliphatic carbocycles. The molecule has 0 atom stereocenters. The van der Waals surface area contributed by atoms with E-state index in [0.29, 0.717) is 18.1 Å². The Balaban J connectivity index is 2.43. The molecule has 5 heteroatoms. The number of nitrogens with two attached hydrogens (primary N) is 1. The van der Waals surface area contributed by atoms with Gasteiger partial charge in [0, 0.05) is 11.8 Å². The Kier molecular flexibility index (Phi) is 2.78. The van der Waals surface area contributed by atoms with Crippen molar-refractivity contribution in [2.24, 2.45) is 10.7 Å². The van der Waals surface area contributed by atoms with Gasteiger partial charge in [-0.3, -0.25) is 10.3 Å². The number of rotatable bonds is 0. The minimum absolute atomic E-state index is 0.436. The third kappa shape index (κ3) is 3.47. The van der Waals surface area contributed by atoms with E-state index in [9.17, 15) is 4.79 Å². The highest BCUT2D eigenvalue weighted by molar-refractivity contribution is 6.03. The number of hydrogen-bond acceptors (Lipinski definition) is 4. The lowest BCUT2D eigenvalue weighted by Crippen LogP contribution is -2.35. The van der Waals surface area contributed by atoms with Gasteiger partial charge in [-0.2, -0.15) is 0 Å². The highest BCUT2D eigenvalue weighted by Crippen LogP contribution is 2.07. The van der Waals surface area contributed by atoms with Gasteiger partial charge in [-0.05, 0) is 20.8 Å². The Morgan fingerprint density at radius 1 is 1.64 bits per heavy atom. The summed E-state index contributed by atoms with van der Waals surface area (Å²) < 4.78 is 5.03. The SMILES string of the molecule is CC(C)(C)OC(=O)NC1=NCC(N)=C1. The van der Waals surface area contributed by atoms with E-state index in [0.717, 1.165) is 0 Å². The summed E-state index contributed by atoms with van der Waals surface area (Å²) in [7, 11) is 0. The lowest BCUT2D eigenvalue weighted by Gasteiger charge is -2.19. The molecule has 0 bridgehead atoms. The van der Waals surface area contributed by atoms with Crippen molar-refractivity contribution in [3.8, 4) is 0 Å². The van der Waals surface area contributed by atoms with Crippen molar-refractivity contribution >= 4 is 11.9 Å². The van der Waals surface area contributed by atoms with E-state index in [1.54, 1.807) is 26.8 Å². The molecule has 1 rings (SSSR count). The number of alkyl carbamates (subject to hydrolysis) is 1. The molecule has 0 unspecified atom stereocenters. The number of ether oxygens (including phenoxy) is 1. The largest absolute Gasteiger partial charge is 0.444 e. The maximum Gasteiger partial charge on any atom is 0.413 e. The Morgan fingerprint density at radius 2 is 2.29 bits per heavy atom. The molecule has 0 saturated carbocycles. The van der Waals surface area contributed by atoms with Crippen LogP contribution in [-0.4, -0.2) is 24.1 Å². The molecule has 3 N–H and O–H groups in total. The molecule has 0 aromatic carbocycles. The molecule has 1 amide bonds. The van der Waals surface area contributed by atoms with E-state index in [2.05, 4.69) is 10.3 Å². The number of nitrogens with one attached hydrogen (secondary N) is 1. The average Bonchev–Trinajstić information content (AvgIpc) is 2.30. The number of amides is 1. The minimum Gasteiger partial charge on any atom is -0.444 e. The molecule has 0 aromatic rings. The molecule has 0 radical (unpaired) electrons. The molecule has 0 saturated heterocycles. The molecule has 5 nitrogen and oxygen atoms in total. The number of amidine groups is 1. The van der Waals surface area contributed by atoms with E-state index in [-0.39, 0.29) is 0 Å². The van der Waals surface area contributed by atoms with Crippen molar-refractivity contribution in [3.63, 3.8) is 0 Å². The van der Waals surface area contributed by atoms with Gasteiger partial charge >= 0.3 is 6.09 Å². The Labute approximate surface area is 83.0 Å². The fourth-order valence-electron chi connectivity index (χ4n) is 0.927. The van der Waals surface area contributed by atoms with Crippen molar-refractivity contribution in [1.82, 2.24) is 5.32 Å². The summed E-state index contributed by atoms with van der Waals surface area (Å²) in [6, 6.07) is 0. The van der Waals surface area contributed by atoms with E-state index in [1.807, 2.05) is 0 Å². The normalized spacial score (nSPS) is 15.9. The quantitative estimate of drug-likeness (QED) is 0.602. The van der Waals surface area contributed by atoms with Crippen LogP contribution in [0, 0.1) is 0 Å². The van der Waals surface area contributed by atoms with Gasteiger partial charge in [0.1, 0.15) is 11.4 Å². The predicted molar refractivity (Wildman–Crippen MR) is 53.9 cm³/mol. The molecule has 14 heavy (non-hydrogen) atoms. The van der Waals surface area contributed by atoms with Crippen LogP contribution in [0.4, 0.5) is 4.79 Å².